The maximum atomic E-state index is 14.4. The van der Waals surface area contributed by atoms with Gasteiger partial charge in [-0.1, -0.05) is 63.3 Å². The van der Waals surface area contributed by atoms with Crippen LogP contribution in [-0.4, -0.2) is 88.7 Å². The summed E-state index contributed by atoms with van der Waals surface area (Å²) in [7, 11) is 0. The molecule has 3 aliphatic rings. The first-order valence-electron chi connectivity index (χ1n) is 17.0. The summed E-state index contributed by atoms with van der Waals surface area (Å²) < 4.78 is 44.8. The standard InChI is InChI=1S/C37H41F2N5O7/c1-5-49-34(47)37(19-24(37)30(38)39)43-31(45)27-18-23-20-44(27)33(46)29(36(2,3)4)42-35(48)50-16-9-8-11-21-12-10-13-22(17-21)28-32(51-23)41-26-15-7-6-14-25(26)40-28/h6-8,10-15,17,23-24,27,29-30H,5,9,16,18-20H2,1-4H3,(H,42,48)(H,43,45)/b11-8+/t23-,24+,27+,29-,37-/m1/s1. The molecule has 3 aromatic rings. The molecule has 1 aromatic heterocycles. The fourth-order valence-electron chi connectivity index (χ4n) is 6.57. The molecular weight excluding hydrogens is 664 g/mol. The fourth-order valence-corrected chi connectivity index (χ4v) is 6.57. The number of hydrogen-bond acceptors (Lipinski definition) is 9. The Bertz CT molecular complexity index is 1860. The molecule has 1 aliphatic carbocycles. The Morgan fingerprint density at radius 1 is 1.12 bits per heavy atom. The van der Waals surface area contributed by atoms with E-state index in [9.17, 15) is 28.0 Å². The number of fused-ring (bicyclic) bond motifs is 7. The number of halogens is 2. The largest absolute Gasteiger partial charge is 0.471 e. The van der Waals surface area contributed by atoms with Crippen LogP contribution in [-0.2, 0) is 23.9 Å². The molecule has 6 rings (SSSR count). The quantitative estimate of drug-likeness (QED) is 0.354. The lowest BCUT2D eigenvalue weighted by Crippen LogP contribution is -2.59. The summed E-state index contributed by atoms with van der Waals surface area (Å²) in [4.78, 5) is 65.3. The van der Waals surface area contributed by atoms with Crippen molar-refractivity contribution in [3.05, 3.63) is 60.2 Å². The lowest BCUT2D eigenvalue weighted by atomic mass is 9.85. The summed E-state index contributed by atoms with van der Waals surface area (Å²) in [6.45, 7) is 6.64. The minimum absolute atomic E-state index is 0.0410. The molecule has 12 nitrogen and oxygen atoms in total. The Labute approximate surface area is 293 Å². The van der Waals surface area contributed by atoms with E-state index in [1.807, 2.05) is 54.6 Å². The molecule has 2 aliphatic heterocycles. The Morgan fingerprint density at radius 3 is 2.55 bits per heavy atom. The van der Waals surface area contributed by atoms with E-state index in [-0.39, 0.29) is 38.5 Å². The van der Waals surface area contributed by atoms with E-state index < -0.39 is 65.4 Å². The number of ether oxygens (including phenoxy) is 3. The third-order valence-electron chi connectivity index (χ3n) is 9.33. The van der Waals surface area contributed by atoms with Crippen LogP contribution in [0.5, 0.6) is 5.88 Å². The van der Waals surface area contributed by atoms with Gasteiger partial charge in [-0.25, -0.2) is 28.3 Å². The van der Waals surface area contributed by atoms with Gasteiger partial charge in [0.1, 0.15) is 29.4 Å². The van der Waals surface area contributed by atoms with Gasteiger partial charge in [0, 0.05) is 12.0 Å². The zero-order valence-corrected chi connectivity index (χ0v) is 28.9. The van der Waals surface area contributed by atoms with E-state index in [1.165, 1.54) is 4.90 Å². The molecule has 3 heterocycles. The van der Waals surface area contributed by atoms with E-state index in [2.05, 4.69) is 10.6 Å². The van der Waals surface area contributed by atoms with Gasteiger partial charge in [-0.3, -0.25) is 9.59 Å². The SMILES string of the molecule is CCOC(=O)[C@@]1(NC(=O)[C@@H]2C[C@@H]3CN2C(=O)[C@H](C(C)(C)C)NC(=O)OCC/C=C/c2cccc(c2)-c2nc4ccccc4nc2O3)C[C@H]1C(F)F. The van der Waals surface area contributed by atoms with Gasteiger partial charge in [-0.05, 0) is 48.9 Å². The smallest absolute Gasteiger partial charge is 0.407 e. The van der Waals surface area contributed by atoms with Gasteiger partial charge < -0.3 is 29.7 Å². The number of hydrogen-bond donors (Lipinski definition) is 2. The lowest BCUT2D eigenvalue weighted by Gasteiger charge is -2.35. The second-order valence-corrected chi connectivity index (χ2v) is 14.1. The van der Waals surface area contributed by atoms with Gasteiger partial charge in [0.25, 0.3) is 0 Å². The first-order valence-corrected chi connectivity index (χ1v) is 17.0. The highest BCUT2D eigenvalue weighted by Gasteiger charge is 2.67. The number of para-hydroxylation sites is 2. The Kier molecular flexibility index (Phi) is 9.96. The number of rotatable bonds is 5. The summed E-state index contributed by atoms with van der Waals surface area (Å²) in [6.07, 6.45) is -0.756. The molecule has 14 heteroatoms. The van der Waals surface area contributed by atoms with Crippen molar-refractivity contribution in [1.29, 1.82) is 0 Å². The molecule has 0 spiro atoms. The zero-order valence-electron chi connectivity index (χ0n) is 28.9. The van der Waals surface area contributed by atoms with Gasteiger partial charge in [0.2, 0.25) is 24.1 Å². The van der Waals surface area contributed by atoms with Crippen molar-refractivity contribution in [3.63, 3.8) is 0 Å². The Balaban J connectivity index is 1.41. The highest BCUT2D eigenvalue weighted by atomic mass is 19.3. The van der Waals surface area contributed by atoms with Crippen molar-refractivity contribution in [2.45, 2.75) is 77.1 Å². The number of nitrogens with one attached hydrogen (secondary N) is 2. The van der Waals surface area contributed by atoms with E-state index in [4.69, 9.17) is 24.2 Å². The maximum absolute atomic E-state index is 14.4. The molecule has 0 unspecified atom stereocenters. The molecule has 3 amide bonds. The van der Waals surface area contributed by atoms with Gasteiger partial charge in [0.05, 0.1) is 36.7 Å². The maximum Gasteiger partial charge on any atom is 0.407 e. The second-order valence-electron chi connectivity index (χ2n) is 14.1. The molecule has 270 valence electrons. The molecule has 2 fully saturated rings. The molecule has 1 saturated heterocycles. The number of alkyl carbamates (subject to hydrolysis) is 1. The molecule has 1 saturated carbocycles. The van der Waals surface area contributed by atoms with Gasteiger partial charge in [-0.15, -0.1) is 0 Å². The van der Waals surface area contributed by atoms with E-state index in [0.29, 0.717) is 28.7 Å². The van der Waals surface area contributed by atoms with Crippen molar-refractivity contribution >= 4 is 41.0 Å². The summed E-state index contributed by atoms with van der Waals surface area (Å²) in [6, 6.07) is 12.4. The van der Waals surface area contributed by atoms with Gasteiger partial charge in [-0.2, -0.15) is 0 Å². The van der Waals surface area contributed by atoms with Crippen LogP contribution in [0.2, 0.25) is 0 Å². The van der Waals surface area contributed by atoms with Crippen LogP contribution in [0, 0.1) is 11.3 Å². The van der Waals surface area contributed by atoms with Crippen LogP contribution in [0.3, 0.4) is 0 Å². The minimum atomic E-state index is -2.89. The van der Waals surface area contributed by atoms with Gasteiger partial charge in [0.15, 0.2) is 0 Å². The highest BCUT2D eigenvalue weighted by molar-refractivity contribution is 5.96. The normalized spacial score (nSPS) is 25.8. The molecule has 51 heavy (non-hydrogen) atoms. The van der Waals surface area contributed by atoms with Crippen LogP contribution in [0.15, 0.2) is 54.6 Å². The van der Waals surface area contributed by atoms with Crippen molar-refractivity contribution in [3.8, 4) is 17.1 Å². The number of nitrogens with zero attached hydrogens (tertiary/aromatic N) is 3. The van der Waals surface area contributed by atoms with Crippen LogP contribution >= 0.6 is 0 Å². The monoisotopic (exact) mass is 705 g/mol. The Hall–Kier alpha value is -5.14. The fraction of sp³-hybridized carbons (Fsp3) is 0.459. The summed E-state index contributed by atoms with van der Waals surface area (Å²) in [5.41, 5.74) is 0.429. The highest BCUT2D eigenvalue weighted by Crippen LogP contribution is 2.49. The molecule has 2 N–H and O–H groups in total. The van der Waals surface area contributed by atoms with E-state index in [0.717, 1.165) is 5.56 Å². The predicted molar refractivity (Wildman–Crippen MR) is 183 cm³/mol. The summed E-state index contributed by atoms with van der Waals surface area (Å²) in [5, 5.41) is 5.19. The summed E-state index contributed by atoms with van der Waals surface area (Å²) in [5.74, 6) is -3.67. The number of cyclic esters (lactones) is 1. The number of alkyl halides is 2. The van der Waals surface area contributed by atoms with Crippen LogP contribution < -0.4 is 15.4 Å². The van der Waals surface area contributed by atoms with Crippen molar-refractivity contribution < 1.29 is 42.2 Å². The molecule has 4 bridgehead atoms. The number of benzene rings is 2. The number of amides is 3. The predicted octanol–water partition coefficient (Wildman–Crippen LogP) is 4.91. The third-order valence-corrected chi connectivity index (χ3v) is 9.33. The summed E-state index contributed by atoms with van der Waals surface area (Å²) >= 11 is 0. The first-order chi connectivity index (χ1) is 24.3. The topological polar surface area (TPSA) is 149 Å². The van der Waals surface area contributed by atoms with E-state index >= 15 is 0 Å². The number of carbonyl (C=O) groups excluding carboxylic acids is 4. The lowest BCUT2D eigenvalue weighted by molar-refractivity contribution is -0.151. The molecular formula is C37H41F2N5O7. The van der Waals surface area contributed by atoms with Crippen molar-refractivity contribution in [2.24, 2.45) is 11.3 Å². The third kappa shape index (κ3) is 7.49. The average molecular weight is 706 g/mol. The number of esters is 1. The second kappa shape index (κ2) is 14.2. The first kappa shape index (κ1) is 35.7. The number of carbonyl (C=O) groups is 4. The minimum Gasteiger partial charge on any atom is -0.471 e. The van der Waals surface area contributed by atoms with Crippen LogP contribution in [0.4, 0.5) is 13.6 Å². The molecule has 0 radical (unpaired) electrons. The van der Waals surface area contributed by atoms with Crippen molar-refractivity contribution in [2.75, 3.05) is 19.8 Å². The van der Waals surface area contributed by atoms with Crippen molar-refractivity contribution in [1.82, 2.24) is 25.5 Å². The average Bonchev–Trinajstić information content (AvgIpc) is 3.68. The molecule has 5 atom stereocenters. The van der Waals surface area contributed by atoms with E-state index in [1.54, 1.807) is 33.8 Å². The van der Waals surface area contributed by atoms with Gasteiger partial charge >= 0.3 is 12.1 Å². The molecule has 2 aromatic carbocycles. The number of aromatic nitrogens is 2. The Morgan fingerprint density at radius 2 is 1.86 bits per heavy atom. The van der Waals surface area contributed by atoms with Crippen LogP contribution in [0.25, 0.3) is 28.4 Å². The van der Waals surface area contributed by atoms with Crippen LogP contribution in [0.1, 0.15) is 52.5 Å². The zero-order chi connectivity index (χ0) is 36.5.